The van der Waals surface area contributed by atoms with Crippen molar-refractivity contribution in [1.82, 2.24) is 0 Å². The predicted octanol–water partition coefficient (Wildman–Crippen LogP) is 13.7. The van der Waals surface area contributed by atoms with Gasteiger partial charge in [-0.1, -0.05) is 181 Å². The summed E-state index contributed by atoms with van der Waals surface area (Å²) >= 11 is 0. The van der Waals surface area contributed by atoms with Crippen LogP contribution in [-0.2, 0) is 32.5 Å². The summed E-state index contributed by atoms with van der Waals surface area (Å²) in [5.41, 5.74) is 12.0. The number of aryl methyl sites for hydroxylation is 1. The van der Waals surface area contributed by atoms with Crippen LogP contribution in [0.25, 0.3) is 0 Å². The molecule has 2 unspecified atom stereocenters. The zero-order valence-electron chi connectivity index (χ0n) is 33.7. The van der Waals surface area contributed by atoms with E-state index in [9.17, 15) is 0 Å². The van der Waals surface area contributed by atoms with Crippen LogP contribution in [-0.4, -0.2) is 0 Å². The summed E-state index contributed by atoms with van der Waals surface area (Å²) in [6.45, 7) is 2.27. The Morgan fingerprint density at radius 2 is 0.421 bits per heavy atom. The third kappa shape index (κ3) is 4.74. The molecule has 8 aliphatic rings. The van der Waals surface area contributed by atoms with Crippen molar-refractivity contribution in [2.45, 2.75) is 116 Å². The SMILES string of the molecule is Cc1ccc(C23CC4(c5ccccc5)CC(c5ccccc5)(C2)CC(C25CC6(c7ccccc7)CC(c7ccccc7)(CC(c7ccccc7)(C6)C2)C5)(C4)C3)cc1. The van der Waals surface area contributed by atoms with Crippen molar-refractivity contribution in [3.8, 4) is 0 Å². The highest BCUT2D eigenvalue weighted by Crippen LogP contribution is 2.85. The third-order valence-corrected chi connectivity index (χ3v) is 17.8. The molecule has 0 heterocycles. The first-order valence-corrected chi connectivity index (χ1v) is 22.1. The molecule has 2 atom stereocenters. The van der Waals surface area contributed by atoms with E-state index in [4.69, 9.17) is 0 Å². The Hall–Kier alpha value is -4.68. The number of rotatable bonds is 7. The molecule has 0 aliphatic heterocycles. The lowest BCUT2D eigenvalue weighted by atomic mass is 9.23. The van der Waals surface area contributed by atoms with Gasteiger partial charge in [0.15, 0.2) is 0 Å². The molecule has 6 aromatic rings. The molecule has 6 aromatic carbocycles. The Balaban J connectivity index is 1.17. The molecule has 14 rings (SSSR count). The van der Waals surface area contributed by atoms with E-state index in [0.29, 0.717) is 0 Å². The smallest absolute Gasteiger partial charge is 0.00245 e. The second-order valence-electron chi connectivity index (χ2n) is 21.1. The summed E-state index contributed by atoms with van der Waals surface area (Å²) in [5.74, 6) is 0. The molecule has 57 heavy (non-hydrogen) atoms. The van der Waals surface area contributed by atoms with E-state index < -0.39 is 0 Å². The topological polar surface area (TPSA) is 0 Å². The second-order valence-corrected chi connectivity index (χ2v) is 21.1. The van der Waals surface area contributed by atoms with E-state index in [-0.39, 0.29) is 43.3 Å². The van der Waals surface area contributed by atoms with Crippen LogP contribution in [0.2, 0.25) is 0 Å². The lowest BCUT2D eigenvalue weighted by Gasteiger charge is -2.81. The molecule has 284 valence electrons. The molecule has 0 radical (unpaired) electrons. The van der Waals surface area contributed by atoms with Crippen LogP contribution in [0.3, 0.4) is 0 Å². The Labute approximate surface area is 340 Å². The van der Waals surface area contributed by atoms with Crippen LogP contribution in [0.5, 0.6) is 0 Å². The molecule has 0 amide bonds. The van der Waals surface area contributed by atoms with Crippen LogP contribution >= 0.6 is 0 Å². The minimum Gasteiger partial charge on any atom is -0.0622 e. The second kappa shape index (κ2) is 11.7. The molecular formula is C57H56. The Kier molecular flexibility index (Phi) is 7.06. The van der Waals surface area contributed by atoms with Gasteiger partial charge in [0.05, 0.1) is 0 Å². The van der Waals surface area contributed by atoms with Crippen molar-refractivity contribution < 1.29 is 0 Å². The zero-order chi connectivity index (χ0) is 38.0. The minimum absolute atomic E-state index is 0.108. The molecule has 8 bridgehead atoms. The number of benzene rings is 6. The van der Waals surface area contributed by atoms with Crippen molar-refractivity contribution >= 4 is 0 Å². The zero-order valence-corrected chi connectivity index (χ0v) is 33.7. The normalized spacial score (nSPS) is 38.3. The van der Waals surface area contributed by atoms with Gasteiger partial charge in [-0.2, -0.15) is 0 Å². The lowest BCUT2D eigenvalue weighted by Crippen LogP contribution is -2.75. The molecular weight excluding hydrogens is 685 g/mol. The molecule has 8 aliphatic carbocycles. The lowest BCUT2D eigenvalue weighted by molar-refractivity contribution is -0.236. The summed E-state index contributed by atoms with van der Waals surface area (Å²) in [5, 5.41) is 0. The van der Waals surface area contributed by atoms with Gasteiger partial charge in [0.2, 0.25) is 0 Å². The summed E-state index contributed by atoms with van der Waals surface area (Å²) in [6.07, 6.45) is 15.4. The van der Waals surface area contributed by atoms with Crippen LogP contribution < -0.4 is 0 Å². The quantitative estimate of drug-likeness (QED) is 0.153. The van der Waals surface area contributed by atoms with E-state index in [2.05, 4.69) is 183 Å². The van der Waals surface area contributed by atoms with Crippen LogP contribution in [0, 0.1) is 17.8 Å². The first-order valence-electron chi connectivity index (χ1n) is 22.1. The van der Waals surface area contributed by atoms with Crippen LogP contribution in [0.1, 0.15) is 116 Å². The third-order valence-electron chi connectivity index (χ3n) is 17.8. The molecule has 8 fully saturated rings. The number of hydrogen-bond acceptors (Lipinski definition) is 0. The highest BCUT2D eigenvalue weighted by molar-refractivity contribution is 5.51. The van der Waals surface area contributed by atoms with Crippen molar-refractivity contribution in [2.24, 2.45) is 10.8 Å². The monoisotopic (exact) mass is 740 g/mol. The van der Waals surface area contributed by atoms with Crippen molar-refractivity contribution in [3.63, 3.8) is 0 Å². The Morgan fingerprint density at radius 1 is 0.228 bits per heavy atom. The van der Waals surface area contributed by atoms with Crippen molar-refractivity contribution in [3.05, 3.63) is 215 Å². The van der Waals surface area contributed by atoms with Gasteiger partial charge < -0.3 is 0 Å². The summed E-state index contributed by atoms with van der Waals surface area (Å²) in [4.78, 5) is 0. The molecule has 0 aromatic heterocycles. The van der Waals surface area contributed by atoms with E-state index >= 15 is 0 Å². The van der Waals surface area contributed by atoms with Gasteiger partial charge in [0.1, 0.15) is 0 Å². The van der Waals surface area contributed by atoms with Gasteiger partial charge in [-0.3, -0.25) is 0 Å². The van der Waals surface area contributed by atoms with Gasteiger partial charge in [-0.05, 0) is 161 Å². The number of hydrogen-bond donors (Lipinski definition) is 0. The highest BCUT2D eigenvalue weighted by atomic mass is 14.8. The van der Waals surface area contributed by atoms with Gasteiger partial charge >= 0.3 is 0 Å². The molecule has 0 nitrogen and oxygen atoms in total. The molecule has 8 saturated carbocycles. The average molecular weight is 741 g/mol. The largest absolute Gasteiger partial charge is 0.0622 e. The van der Waals surface area contributed by atoms with Gasteiger partial charge in [0.25, 0.3) is 0 Å². The molecule has 0 spiro atoms. The Bertz CT molecular complexity index is 2230. The van der Waals surface area contributed by atoms with Gasteiger partial charge in [-0.15, -0.1) is 0 Å². The fraction of sp³-hybridized carbons (Fsp3) is 0.368. The first-order chi connectivity index (χ1) is 27.8. The molecule has 0 N–H and O–H groups in total. The van der Waals surface area contributed by atoms with Gasteiger partial charge in [-0.25, -0.2) is 0 Å². The summed E-state index contributed by atoms with van der Waals surface area (Å²) in [6, 6.07) is 70.0. The standard InChI is InChI=1S/C57H56/c1-43-27-29-49(30-28-43)55-35-53(47-23-13-5-14-24-47)34-54(36-55,48-25-15-6-16-26-48)41-57(40-53,42-55)56-37-50(44-17-7-2-8-18-44)31-51(38-56,45-19-9-3-10-20-45)33-52(32-50,39-56)46-21-11-4-12-22-46/h2-30H,31-42H2,1H3. The van der Waals surface area contributed by atoms with E-state index in [1.54, 1.807) is 33.4 Å². The maximum absolute atomic E-state index is 2.57. The maximum atomic E-state index is 2.57. The van der Waals surface area contributed by atoms with Crippen molar-refractivity contribution in [1.29, 1.82) is 0 Å². The minimum atomic E-state index is 0.108. The molecule has 0 heteroatoms. The van der Waals surface area contributed by atoms with E-state index in [1.165, 1.54) is 82.6 Å². The fourth-order valence-corrected chi connectivity index (χ4v) is 17.1. The van der Waals surface area contributed by atoms with E-state index in [0.717, 1.165) is 0 Å². The van der Waals surface area contributed by atoms with Crippen LogP contribution in [0.4, 0.5) is 0 Å². The maximum Gasteiger partial charge on any atom is -0.00245 e. The summed E-state index contributed by atoms with van der Waals surface area (Å²) in [7, 11) is 0. The average Bonchev–Trinajstić information content (AvgIpc) is 3.25. The molecule has 0 saturated heterocycles. The highest BCUT2D eigenvalue weighted by Gasteiger charge is 2.79. The van der Waals surface area contributed by atoms with E-state index in [1.807, 2.05) is 0 Å². The van der Waals surface area contributed by atoms with Crippen molar-refractivity contribution in [2.75, 3.05) is 0 Å². The van der Waals surface area contributed by atoms with Crippen LogP contribution in [0.15, 0.2) is 176 Å². The Morgan fingerprint density at radius 3 is 0.632 bits per heavy atom. The van der Waals surface area contributed by atoms with Gasteiger partial charge in [0, 0.05) is 0 Å². The fourth-order valence-electron chi connectivity index (χ4n) is 17.1. The first kappa shape index (κ1) is 34.4. The summed E-state index contributed by atoms with van der Waals surface area (Å²) < 4.78 is 0. The predicted molar refractivity (Wildman–Crippen MR) is 234 cm³/mol.